The number of carbonyl (C=O) groups excluding carboxylic acids is 2. The summed E-state index contributed by atoms with van der Waals surface area (Å²) in [6, 6.07) is 14.7. The summed E-state index contributed by atoms with van der Waals surface area (Å²) in [6.07, 6.45) is 3.57. The number of methoxy groups -OCH3 is 1. The number of esters is 1. The van der Waals surface area contributed by atoms with Crippen molar-refractivity contribution >= 4 is 17.4 Å². The van der Waals surface area contributed by atoms with Gasteiger partial charge in [0.05, 0.1) is 24.3 Å². The number of rotatable bonds is 4. The first-order valence-electron chi connectivity index (χ1n) is 9.23. The van der Waals surface area contributed by atoms with Crippen molar-refractivity contribution in [2.24, 2.45) is 0 Å². The fourth-order valence-electron chi connectivity index (χ4n) is 3.85. The van der Waals surface area contributed by atoms with Crippen molar-refractivity contribution in [3.8, 4) is 0 Å². The van der Waals surface area contributed by atoms with Gasteiger partial charge in [0.2, 0.25) is 0 Å². The Hall–Kier alpha value is -3.41. The summed E-state index contributed by atoms with van der Waals surface area (Å²) >= 11 is 0. The van der Waals surface area contributed by atoms with Gasteiger partial charge in [-0.2, -0.15) is 0 Å². The van der Waals surface area contributed by atoms with Crippen LogP contribution in [0.4, 0.5) is 5.69 Å². The third-order valence-corrected chi connectivity index (χ3v) is 5.17. The van der Waals surface area contributed by atoms with Crippen molar-refractivity contribution < 1.29 is 14.3 Å². The number of aryl methyl sites for hydroxylation is 1. The molecule has 0 spiro atoms. The monoisotopic (exact) mass is 375 g/mol. The maximum atomic E-state index is 13.7. The lowest BCUT2D eigenvalue weighted by Crippen LogP contribution is -2.35. The van der Waals surface area contributed by atoms with Crippen molar-refractivity contribution in [2.45, 2.75) is 25.4 Å². The van der Waals surface area contributed by atoms with Crippen LogP contribution in [0.25, 0.3) is 0 Å². The molecule has 0 saturated heterocycles. The van der Waals surface area contributed by atoms with E-state index in [0.29, 0.717) is 23.6 Å². The van der Waals surface area contributed by atoms with Crippen molar-refractivity contribution in [3.63, 3.8) is 0 Å². The molecule has 0 aliphatic carbocycles. The highest BCUT2D eigenvalue weighted by molar-refractivity contribution is 6.14. The Bertz CT molecular complexity index is 1030. The van der Waals surface area contributed by atoms with Gasteiger partial charge in [0.1, 0.15) is 11.7 Å². The summed E-state index contributed by atoms with van der Waals surface area (Å²) in [4.78, 5) is 30.5. The molecule has 1 aromatic heterocycles. The van der Waals surface area contributed by atoms with Gasteiger partial charge in [0.15, 0.2) is 5.78 Å². The molecule has 6 heteroatoms. The van der Waals surface area contributed by atoms with E-state index < -0.39 is 11.9 Å². The highest BCUT2D eigenvalue weighted by Gasteiger charge is 2.41. The molecule has 0 amide bonds. The zero-order valence-corrected chi connectivity index (χ0v) is 15.8. The molecular formula is C22H21N3O3. The van der Waals surface area contributed by atoms with Gasteiger partial charge >= 0.3 is 5.97 Å². The second-order valence-electron chi connectivity index (χ2n) is 6.67. The average Bonchev–Trinajstić information content (AvgIpc) is 3.21. The number of nitrogens with zero attached hydrogens (tertiary/aromatic N) is 2. The molecule has 0 radical (unpaired) electrons. The Balaban J connectivity index is 1.92. The van der Waals surface area contributed by atoms with E-state index >= 15 is 0 Å². The number of ketones is 1. The van der Waals surface area contributed by atoms with Gasteiger partial charge < -0.3 is 14.6 Å². The Kier molecular flexibility index (Phi) is 4.69. The van der Waals surface area contributed by atoms with Gasteiger partial charge in [-0.15, -0.1) is 0 Å². The number of nitrogens with one attached hydrogen (secondary N) is 1. The Morgan fingerprint density at radius 2 is 1.96 bits per heavy atom. The summed E-state index contributed by atoms with van der Waals surface area (Å²) in [5.41, 5.74) is 2.24. The minimum absolute atomic E-state index is 0.135. The number of ether oxygens (including phenoxy) is 1. The lowest BCUT2D eigenvalue weighted by Gasteiger charge is -2.34. The first-order chi connectivity index (χ1) is 13.7. The molecular weight excluding hydrogens is 354 g/mol. The van der Waals surface area contributed by atoms with Crippen molar-refractivity contribution in [3.05, 3.63) is 83.4 Å². The molecule has 2 atom stereocenters. The summed E-state index contributed by atoms with van der Waals surface area (Å²) < 4.78 is 6.86. The number of imidazole rings is 1. The van der Waals surface area contributed by atoms with E-state index in [1.165, 1.54) is 7.11 Å². The lowest BCUT2D eigenvalue weighted by molar-refractivity contribution is 0.0596. The first-order valence-corrected chi connectivity index (χ1v) is 9.23. The Morgan fingerprint density at radius 1 is 1.18 bits per heavy atom. The molecule has 2 aromatic carbocycles. The quantitative estimate of drug-likeness (QED) is 0.702. The lowest BCUT2D eigenvalue weighted by atomic mass is 9.80. The molecule has 0 fully saturated rings. The molecule has 4 rings (SSSR count). The van der Waals surface area contributed by atoms with E-state index in [9.17, 15) is 9.59 Å². The number of aromatic nitrogens is 2. The van der Waals surface area contributed by atoms with E-state index in [4.69, 9.17) is 4.74 Å². The van der Waals surface area contributed by atoms with Crippen LogP contribution in [0.1, 0.15) is 51.0 Å². The van der Waals surface area contributed by atoms with Gasteiger partial charge in [-0.25, -0.2) is 9.78 Å². The van der Waals surface area contributed by atoms with Crippen LogP contribution in [0.2, 0.25) is 0 Å². The summed E-state index contributed by atoms with van der Waals surface area (Å²) in [6.45, 7) is 2.71. The van der Waals surface area contributed by atoms with Crippen molar-refractivity contribution in [1.29, 1.82) is 0 Å². The molecule has 2 heterocycles. The molecule has 1 aliphatic heterocycles. The zero-order valence-electron chi connectivity index (χ0n) is 15.8. The maximum Gasteiger partial charge on any atom is 0.338 e. The van der Waals surface area contributed by atoms with E-state index in [2.05, 4.69) is 10.3 Å². The smallest absolute Gasteiger partial charge is 0.338 e. The maximum absolute atomic E-state index is 13.7. The van der Waals surface area contributed by atoms with Gasteiger partial charge in [-0.3, -0.25) is 4.79 Å². The topological polar surface area (TPSA) is 73.2 Å². The fraction of sp³-hybridized carbons (Fsp3) is 0.227. The second-order valence-corrected chi connectivity index (χ2v) is 6.67. The largest absolute Gasteiger partial charge is 0.465 e. The SMILES string of the molecule is CCn1ccnc1C1C(=O)c2c(cccc2C(=O)OC)NC1c1ccccc1. The van der Waals surface area contributed by atoms with Gasteiger partial charge in [0.25, 0.3) is 0 Å². The Labute approximate surface area is 163 Å². The normalized spacial score (nSPS) is 18.3. The molecule has 0 saturated carbocycles. The molecule has 2 unspecified atom stereocenters. The number of Topliss-reactive ketones (excluding diaryl/α,β-unsaturated/α-hetero) is 1. The second kappa shape index (κ2) is 7.31. The summed E-state index contributed by atoms with van der Waals surface area (Å²) in [7, 11) is 1.32. The molecule has 1 N–H and O–H groups in total. The van der Waals surface area contributed by atoms with Crippen LogP contribution in [0.5, 0.6) is 0 Å². The highest BCUT2D eigenvalue weighted by Crippen LogP contribution is 2.43. The number of anilines is 1. The molecule has 28 heavy (non-hydrogen) atoms. The van der Waals surface area contributed by atoms with Gasteiger partial charge in [0, 0.05) is 24.6 Å². The van der Waals surface area contributed by atoms with Crippen LogP contribution < -0.4 is 5.32 Å². The van der Waals surface area contributed by atoms with Crippen LogP contribution in [-0.2, 0) is 11.3 Å². The van der Waals surface area contributed by atoms with E-state index in [-0.39, 0.29) is 17.4 Å². The molecule has 3 aromatic rings. The van der Waals surface area contributed by atoms with Crippen LogP contribution in [0, 0.1) is 0 Å². The van der Waals surface area contributed by atoms with Crippen LogP contribution in [0.3, 0.4) is 0 Å². The third-order valence-electron chi connectivity index (χ3n) is 5.17. The highest BCUT2D eigenvalue weighted by atomic mass is 16.5. The number of benzene rings is 2. The third kappa shape index (κ3) is 2.87. The minimum atomic E-state index is -0.560. The first kappa shape index (κ1) is 18.0. The van der Waals surface area contributed by atoms with E-state index in [0.717, 1.165) is 5.56 Å². The van der Waals surface area contributed by atoms with Crippen molar-refractivity contribution in [1.82, 2.24) is 9.55 Å². The summed E-state index contributed by atoms with van der Waals surface area (Å²) in [5, 5.41) is 3.47. The van der Waals surface area contributed by atoms with Crippen LogP contribution in [0.15, 0.2) is 60.9 Å². The molecule has 6 nitrogen and oxygen atoms in total. The standard InChI is InChI=1S/C22H21N3O3/c1-3-25-13-12-23-21(25)18-19(14-8-5-4-6-9-14)24-16-11-7-10-15(22(27)28-2)17(16)20(18)26/h4-13,18-19,24H,3H2,1-2H3. The number of fused-ring (bicyclic) bond motifs is 1. The van der Waals surface area contributed by atoms with Crippen molar-refractivity contribution in [2.75, 3.05) is 12.4 Å². The van der Waals surface area contributed by atoms with Gasteiger partial charge in [-0.1, -0.05) is 36.4 Å². The number of hydrogen-bond donors (Lipinski definition) is 1. The average molecular weight is 375 g/mol. The molecule has 0 bridgehead atoms. The molecule has 1 aliphatic rings. The number of hydrogen-bond acceptors (Lipinski definition) is 5. The Morgan fingerprint density at radius 3 is 2.68 bits per heavy atom. The minimum Gasteiger partial charge on any atom is -0.465 e. The number of carbonyl (C=O) groups is 2. The fourth-order valence-corrected chi connectivity index (χ4v) is 3.85. The molecule has 142 valence electrons. The zero-order chi connectivity index (χ0) is 19.7. The summed E-state index contributed by atoms with van der Waals surface area (Å²) in [5.74, 6) is -0.540. The van der Waals surface area contributed by atoms with Crippen LogP contribution in [-0.4, -0.2) is 28.4 Å². The predicted molar refractivity (Wildman–Crippen MR) is 106 cm³/mol. The van der Waals surface area contributed by atoms with E-state index in [1.54, 1.807) is 18.3 Å². The predicted octanol–water partition coefficient (Wildman–Crippen LogP) is 3.82. The van der Waals surface area contributed by atoms with Gasteiger partial charge in [-0.05, 0) is 24.6 Å². The van der Waals surface area contributed by atoms with E-state index in [1.807, 2.05) is 54.1 Å². The van der Waals surface area contributed by atoms with Crippen LogP contribution >= 0.6 is 0 Å².